The molecule has 2 nitrogen and oxygen atoms in total. The predicted molar refractivity (Wildman–Crippen MR) is 73.2 cm³/mol. The summed E-state index contributed by atoms with van der Waals surface area (Å²) in [6.07, 6.45) is 5.80. The van der Waals surface area contributed by atoms with Crippen LogP contribution in [0.15, 0.2) is 12.2 Å². The molecular weight excluding hydrogens is 248 g/mol. The molecule has 0 N–H and O–H groups in total. The first-order chi connectivity index (χ1) is 7.74. The maximum absolute atomic E-state index is 12.7. The second-order valence-corrected chi connectivity index (χ2v) is 15.4. The molecule has 3 rings (SSSR count). The van der Waals surface area contributed by atoms with E-state index in [-0.39, 0.29) is 10.1 Å². The van der Waals surface area contributed by atoms with E-state index in [1.165, 1.54) is 6.42 Å². The topological polar surface area (TPSA) is 34.1 Å². The molecule has 1 heterocycles. The highest BCUT2D eigenvalue weighted by Gasteiger charge is 2.64. The van der Waals surface area contributed by atoms with Crippen LogP contribution in [-0.2, 0) is 9.84 Å². The Morgan fingerprint density at radius 2 is 1.59 bits per heavy atom. The lowest BCUT2D eigenvalue weighted by Gasteiger charge is -2.32. The average molecular weight is 270 g/mol. The lowest BCUT2D eigenvalue weighted by molar-refractivity contribution is 0.346. The van der Waals surface area contributed by atoms with E-state index < -0.39 is 17.9 Å². The quantitative estimate of drug-likeness (QED) is 0.542. The number of hydrogen-bond donors (Lipinski definition) is 0. The van der Waals surface area contributed by atoms with E-state index in [2.05, 4.69) is 31.8 Å². The van der Waals surface area contributed by atoms with Crippen LogP contribution in [0.1, 0.15) is 13.3 Å². The molecule has 1 saturated carbocycles. The van der Waals surface area contributed by atoms with E-state index in [1.807, 2.05) is 6.92 Å². The molecule has 2 fully saturated rings. The largest absolute Gasteiger partial charge is 0.229 e. The predicted octanol–water partition coefficient (Wildman–Crippen LogP) is 2.49. The number of allylic oxidation sites excluding steroid dienone is 2. The smallest absolute Gasteiger partial charge is 0.153 e. The lowest BCUT2D eigenvalue weighted by Crippen LogP contribution is -2.47. The molecule has 1 aliphatic heterocycles. The maximum Gasteiger partial charge on any atom is 0.153 e. The molecule has 6 atom stereocenters. The summed E-state index contributed by atoms with van der Waals surface area (Å²) in [5.41, 5.74) is 0. The molecule has 0 aromatic heterocycles. The van der Waals surface area contributed by atoms with Crippen LogP contribution in [0.2, 0.25) is 19.6 Å². The summed E-state index contributed by atoms with van der Waals surface area (Å²) in [5.74, 6) is 1.97. The van der Waals surface area contributed by atoms with Gasteiger partial charge in [-0.1, -0.05) is 31.8 Å². The third-order valence-electron chi connectivity index (χ3n) is 5.20. The van der Waals surface area contributed by atoms with Crippen molar-refractivity contribution in [3.63, 3.8) is 0 Å². The van der Waals surface area contributed by atoms with Gasteiger partial charge in [0.1, 0.15) is 0 Å². The molecule has 96 valence electrons. The van der Waals surface area contributed by atoms with Crippen molar-refractivity contribution in [1.82, 2.24) is 0 Å². The van der Waals surface area contributed by atoms with Crippen LogP contribution in [0, 0.1) is 23.7 Å². The molecule has 3 aliphatic rings. The summed E-state index contributed by atoms with van der Waals surface area (Å²) in [4.78, 5) is -0.00468. The average Bonchev–Trinajstić information content (AvgIpc) is 2.77. The van der Waals surface area contributed by atoms with Gasteiger partial charge < -0.3 is 0 Å². The summed E-state index contributed by atoms with van der Waals surface area (Å²) < 4.78 is 25.4. The van der Waals surface area contributed by atoms with Crippen LogP contribution in [0.4, 0.5) is 0 Å². The van der Waals surface area contributed by atoms with Gasteiger partial charge >= 0.3 is 0 Å². The minimum absolute atomic E-state index is 0.00468. The summed E-state index contributed by atoms with van der Waals surface area (Å²) >= 11 is 0. The Hall–Kier alpha value is -0.0931. The summed E-state index contributed by atoms with van der Waals surface area (Å²) in [7, 11) is -4.53. The highest BCUT2D eigenvalue weighted by atomic mass is 32.2. The zero-order valence-corrected chi connectivity index (χ0v) is 12.9. The number of fused-ring (bicyclic) bond motifs is 5. The Morgan fingerprint density at radius 3 is 2.12 bits per heavy atom. The van der Waals surface area contributed by atoms with Gasteiger partial charge in [-0.05, 0) is 37.0 Å². The number of rotatable bonds is 1. The monoisotopic (exact) mass is 270 g/mol. The highest BCUT2D eigenvalue weighted by Crippen LogP contribution is 2.59. The Labute approximate surface area is 105 Å². The molecule has 1 saturated heterocycles. The number of hydrogen-bond acceptors (Lipinski definition) is 2. The molecule has 4 unspecified atom stereocenters. The summed E-state index contributed by atoms with van der Waals surface area (Å²) in [6.45, 7) is 8.63. The molecule has 2 bridgehead atoms. The second kappa shape index (κ2) is 3.26. The van der Waals surface area contributed by atoms with E-state index in [9.17, 15) is 8.42 Å². The second-order valence-electron chi connectivity index (χ2n) is 7.18. The number of sulfone groups is 1. The highest BCUT2D eigenvalue weighted by molar-refractivity contribution is 7.94. The van der Waals surface area contributed by atoms with Crippen LogP contribution >= 0.6 is 0 Å². The van der Waals surface area contributed by atoms with Gasteiger partial charge in [0.25, 0.3) is 0 Å². The van der Waals surface area contributed by atoms with Gasteiger partial charge in [-0.15, -0.1) is 0 Å². The molecule has 0 aromatic rings. The minimum atomic E-state index is -2.89. The molecule has 0 radical (unpaired) electrons. The van der Waals surface area contributed by atoms with Crippen LogP contribution in [-0.4, -0.2) is 26.6 Å². The van der Waals surface area contributed by atoms with E-state index in [1.54, 1.807) is 0 Å². The van der Waals surface area contributed by atoms with Gasteiger partial charge in [-0.2, -0.15) is 0 Å². The van der Waals surface area contributed by atoms with Gasteiger partial charge in [0.15, 0.2) is 9.84 Å². The van der Waals surface area contributed by atoms with Crippen LogP contribution in [0.25, 0.3) is 0 Å². The van der Waals surface area contributed by atoms with Crippen molar-refractivity contribution in [2.45, 2.75) is 43.1 Å². The van der Waals surface area contributed by atoms with Crippen molar-refractivity contribution in [1.29, 1.82) is 0 Å². The molecule has 4 heteroatoms. The molecule has 17 heavy (non-hydrogen) atoms. The fourth-order valence-corrected chi connectivity index (χ4v) is 13.0. The van der Waals surface area contributed by atoms with E-state index in [0.717, 1.165) is 0 Å². The SMILES string of the molecule is C[C@@H]1C2C3C=CC(C3)C2[C@H]([Si](C)(C)C)S1(=O)=O. The van der Waals surface area contributed by atoms with Crippen molar-refractivity contribution in [3.05, 3.63) is 12.2 Å². The van der Waals surface area contributed by atoms with Crippen molar-refractivity contribution < 1.29 is 8.42 Å². The Bertz CT molecular complexity index is 474. The van der Waals surface area contributed by atoms with Crippen molar-refractivity contribution in [2.75, 3.05) is 0 Å². The first-order valence-electron chi connectivity index (χ1n) is 6.65. The molecule has 0 amide bonds. The Balaban J connectivity index is 2.12. The summed E-state index contributed by atoms with van der Waals surface area (Å²) in [6, 6.07) is 0. The molecular formula is C13H22O2SSi. The summed E-state index contributed by atoms with van der Waals surface area (Å²) in [5, 5.41) is -0.107. The standard InChI is InChI=1S/C13H22O2SSi/c1-8-11-9-5-6-10(7-9)12(11)13(16(8,14)15)17(2,3)4/h5-6,8-13H,7H2,1-4H3/t8-,9?,10?,11?,12?,13+/m1/s1. The van der Waals surface area contributed by atoms with E-state index in [0.29, 0.717) is 23.7 Å². The molecule has 0 spiro atoms. The van der Waals surface area contributed by atoms with Gasteiger partial charge in [0.05, 0.1) is 18.2 Å². The Morgan fingerprint density at radius 1 is 1.06 bits per heavy atom. The Kier molecular flexibility index (Phi) is 2.30. The third-order valence-corrected chi connectivity index (χ3v) is 12.8. The fourth-order valence-electron chi connectivity index (χ4n) is 4.73. The van der Waals surface area contributed by atoms with Gasteiger partial charge in [-0.3, -0.25) is 0 Å². The van der Waals surface area contributed by atoms with Crippen molar-refractivity contribution in [2.24, 2.45) is 23.7 Å². The van der Waals surface area contributed by atoms with Crippen molar-refractivity contribution in [3.8, 4) is 0 Å². The van der Waals surface area contributed by atoms with Gasteiger partial charge in [-0.25, -0.2) is 8.42 Å². The van der Waals surface area contributed by atoms with Crippen LogP contribution in [0.3, 0.4) is 0 Å². The third kappa shape index (κ3) is 1.40. The van der Waals surface area contributed by atoms with E-state index in [4.69, 9.17) is 0 Å². The lowest BCUT2D eigenvalue weighted by atomic mass is 9.82. The molecule has 2 aliphatic carbocycles. The van der Waals surface area contributed by atoms with E-state index >= 15 is 0 Å². The first-order valence-corrected chi connectivity index (χ1v) is 11.8. The fraction of sp³-hybridized carbons (Fsp3) is 0.846. The van der Waals surface area contributed by atoms with Crippen LogP contribution in [0.5, 0.6) is 0 Å². The van der Waals surface area contributed by atoms with Crippen molar-refractivity contribution >= 4 is 17.9 Å². The van der Waals surface area contributed by atoms with Gasteiger partial charge in [0, 0.05) is 0 Å². The first kappa shape index (κ1) is 12.0. The zero-order chi connectivity index (χ0) is 12.6. The normalized spacial score (nSPS) is 50.8. The zero-order valence-electron chi connectivity index (χ0n) is 11.1. The molecule has 0 aromatic carbocycles. The minimum Gasteiger partial charge on any atom is -0.229 e. The van der Waals surface area contributed by atoms with Crippen LogP contribution < -0.4 is 0 Å². The van der Waals surface area contributed by atoms with Gasteiger partial charge in [0.2, 0.25) is 0 Å². The maximum atomic E-state index is 12.7.